The van der Waals surface area contributed by atoms with Gasteiger partial charge in [-0.3, -0.25) is 19.7 Å². The van der Waals surface area contributed by atoms with Gasteiger partial charge in [-0.05, 0) is 95.8 Å². The van der Waals surface area contributed by atoms with E-state index in [2.05, 4.69) is 10.6 Å². The van der Waals surface area contributed by atoms with Crippen molar-refractivity contribution in [3.8, 4) is 11.5 Å². The molecule has 4 rings (SSSR count). The van der Waals surface area contributed by atoms with E-state index in [0.29, 0.717) is 35.6 Å². The lowest BCUT2D eigenvalue weighted by molar-refractivity contribution is -0.122. The molecule has 1 fully saturated rings. The SMILES string of the molecule is CCOc1cc(/C=C2/C(=O)NC(=O)N(c3ccc(Cl)cc3)C2=O)cc(I)c1OCC(=O)Nc1ccc(Cl)c(Cl)c1. The summed E-state index contributed by atoms with van der Waals surface area (Å²) in [6.07, 6.45) is 1.35. The number of hydrogen-bond acceptors (Lipinski definition) is 6. The van der Waals surface area contributed by atoms with Crippen LogP contribution in [0, 0.1) is 3.57 Å². The Balaban J connectivity index is 1.57. The number of carbonyl (C=O) groups is 4. The number of barbiturate groups is 1. The van der Waals surface area contributed by atoms with E-state index in [4.69, 9.17) is 44.3 Å². The van der Waals surface area contributed by atoms with Gasteiger partial charge < -0.3 is 14.8 Å². The van der Waals surface area contributed by atoms with E-state index < -0.39 is 23.8 Å². The van der Waals surface area contributed by atoms with E-state index in [-0.39, 0.29) is 30.2 Å². The molecule has 1 heterocycles. The molecule has 40 heavy (non-hydrogen) atoms. The fourth-order valence-corrected chi connectivity index (χ4v) is 4.84. The van der Waals surface area contributed by atoms with Crippen LogP contribution in [0.25, 0.3) is 6.08 Å². The first-order valence-electron chi connectivity index (χ1n) is 11.6. The van der Waals surface area contributed by atoms with E-state index in [0.717, 1.165) is 4.90 Å². The Bertz CT molecular complexity index is 1550. The molecule has 3 aromatic rings. The molecular weight excluding hydrogens is 696 g/mol. The van der Waals surface area contributed by atoms with Gasteiger partial charge in [-0.1, -0.05) is 34.8 Å². The highest BCUT2D eigenvalue weighted by atomic mass is 127. The van der Waals surface area contributed by atoms with Crippen LogP contribution in [-0.2, 0) is 14.4 Å². The number of imide groups is 2. The molecule has 0 spiro atoms. The molecule has 13 heteroatoms. The minimum atomic E-state index is -0.873. The Hall–Kier alpha value is -3.32. The zero-order chi connectivity index (χ0) is 29.0. The van der Waals surface area contributed by atoms with Crippen molar-refractivity contribution in [1.82, 2.24) is 5.32 Å². The van der Waals surface area contributed by atoms with Gasteiger partial charge in [-0.25, -0.2) is 9.69 Å². The first-order valence-corrected chi connectivity index (χ1v) is 13.8. The van der Waals surface area contributed by atoms with Gasteiger partial charge in [-0.15, -0.1) is 0 Å². The summed E-state index contributed by atoms with van der Waals surface area (Å²) >= 11 is 19.8. The van der Waals surface area contributed by atoms with Crippen molar-refractivity contribution in [3.05, 3.63) is 84.4 Å². The highest BCUT2D eigenvalue weighted by Gasteiger charge is 2.36. The number of nitrogens with zero attached hydrogens (tertiary/aromatic N) is 1. The average molecular weight is 715 g/mol. The Kier molecular flexibility index (Phi) is 9.56. The topological polar surface area (TPSA) is 114 Å². The van der Waals surface area contributed by atoms with E-state index >= 15 is 0 Å². The molecule has 0 saturated carbocycles. The molecule has 0 unspecified atom stereocenters. The van der Waals surface area contributed by atoms with Crippen molar-refractivity contribution in [3.63, 3.8) is 0 Å². The van der Waals surface area contributed by atoms with Crippen molar-refractivity contribution < 1.29 is 28.7 Å². The van der Waals surface area contributed by atoms with Crippen molar-refractivity contribution in [2.45, 2.75) is 6.92 Å². The first-order chi connectivity index (χ1) is 19.1. The fraction of sp³-hybridized carbons (Fsp3) is 0.111. The number of hydrogen-bond donors (Lipinski definition) is 2. The molecule has 0 aliphatic carbocycles. The number of nitrogens with one attached hydrogen (secondary N) is 2. The van der Waals surface area contributed by atoms with Crippen LogP contribution < -0.4 is 25.0 Å². The number of amides is 5. The second kappa shape index (κ2) is 12.9. The Labute approximate surface area is 257 Å². The summed E-state index contributed by atoms with van der Waals surface area (Å²) in [5.74, 6) is -1.50. The quantitative estimate of drug-likeness (QED) is 0.160. The molecular formula is C27H19Cl3IN3O6. The summed E-state index contributed by atoms with van der Waals surface area (Å²) in [5.41, 5.74) is 0.871. The average Bonchev–Trinajstić information content (AvgIpc) is 2.89. The molecule has 2 N–H and O–H groups in total. The van der Waals surface area contributed by atoms with Gasteiger partial charge in [0.1, 0.15) is 5.57 Å². The second-order valence-corrected chi connectivity index (χ2v) is 10.6. The maximum atomic E-state index is 13.2. The van der Waals surface area contributed by atoms with Crippen LogP contribution in [0.4, 0.5) is 16.2 Å². The number of halogens is 4. The van der Waals surface area contributed by atoms with Crippen LogP contribution in [0.15, 0.2) is 60.2 Å². The minimum Gasteiger partial charge on any atom is -0.490 e. The van der Waals surface area contributed by atoms with Gasteiger partial charge in [0.2, 0.25) is 0 Å². The van der Waals surface area contributed by atoms with Crippen LogP contribution in [0.5, 0.6) is 11.5 Å². The molecule has 0 aromatic heterocycles. The van der Waals surface area contributed by atoms with Gasteiger partial charge in [0, 0.05) is 10.7 Å². The molecule has 206 valence electrons. The predicted octanol–water partition coefficient (Wildman–Crippen LogP) is 6.33. The molecule has 1 aliphatic heterocycles. The standard InChI is InChI=1S/C27H19Cl3IN3O6/c1-2-39-22-11-14(9-18-25(36)33-27(38)34(26(18)37)17-6-3-15(28)4-7-17)10-21(31)24(22)40-13-23(35)32-16-5-8-19(29)20(30)12-16/h3-12H,2,13H2,1H3,(H,32,35)(H,33,36,38)/b18-9-. The monoisotopic (exact) mass is 713 g/mol. The molecule has 1 aliphatic rings. The predicted molar refractivity (Wildman–Crippen MR) is 161 cm³/mol. The normalized spacial score (nSPS) is 14.3. The van der Waals surface area contributed by atoms with Gasteiger partial charge >= 0.3 is 6.03 Å². The Morgan fingerprint density at radius 3 is 2.40 bits per heavy atom. The third-order valence-corrected chi connectivity index (χ3v) is 7.17. The minimum absolute atomic E-state index is 0.248. The summed E-state index contributed by atoms with van der Waals surface area (Å²) < 4.78 is 12.0. The number of urea groups is 1. The third kappa shape index (κ3) is 6.87. The van der Waals surface area contributed by atoms with E-state index in [1.807, 2.05) is 22.6 Å². The molecule has 5 amide bonds. The van der Waals surface area contributed by atoms with E-state index in [1.165, 1.54) is 36.4 Å². The summed E-state index contributed by atoms with van der Waals surface area (Å²) in [6, 6.07) is 13.1. The van der Waals surface area contributed by atoms with Gasteiger partial charge in [0.25, 0.3) is 17.7 Å². The number of ether oxygens (including phenoxy) is 2. The van der Waals surface area contributed by atoms with Crippen LogP contribution in [0.3, 0.4) is 0 Å². The van der Waals surface area contributed by atoms with Crippen LogP contribution in [0.1, 0.15) is 12.5 Å². The summed E-state index contributed by atoms with van der Waals surface area (Å²) in [5, 5.41) is 5.92. The van der Waals surface area contributed by atoms with Crippen LogP contribution >= 0.6 is 57.4 Å². The zero-order valence-corrected chi connectivity index (χ0v) is 25.0. The van der Waals surface area contributed by atoms with Crippen LogP contribution in [-0.4, -0.2) is 37.0 Å². The number of anilines is 2. The van der Waals surface area contributed by atoms with Gasteiger partial charge in [-0.2, -0.15) is 0 Å². The molecule has 3 aromatic carbocycles. The lowest BCUT2D eigenvalue weighted by atomic mass is 10.1. The Morgan fingerprint density at radius 1 is 1.00 bits per heavy atom. The van der Waals surface area contributed by atoms with Gasteiger partial charge in [0.05, 0.1) is 25.9 Å². The van der Waals surface area contributed by atoms with Crippen molar-refractivity contribution in [2.75, 3.05) is 23.4 Å². The first kappa shape index (κ1) is 29.7. The fourth-order valence-electron chi connectivity index (χ4n) is 3.63. The van der Waals surface area contributed by atoms with Crippen molar-refractivity contribution in [1.29, 1.82) is 0 Å². The summed E-state index contributed by atoms with van der Waals surface area (Å²) in [6.45, 7) is 1.71. The van der Waals surface area contributed by atoms with E-state index in [9.17, 15) is 19.2 Å². The zero-order valence-electron chi connectivity index (χ0n) is 20.6. The summed E-state index contributed by atoms with van der Waals surface area (Å²) in [4.78, 5) is 51.5. The number of benzene rings is 3. The van der Waals surface area contributed by atoms with Crippen molar-refractivity contribution >= 4 is 98.6 Å². The highest BCUT2D eigenvalue weighted by molar-refractivity contribution is 14.1. The highest BCUT2D eigenvalue weighted by Crippen LogP contribution is 2.35. The number of carbonyl (C=O) groups excluding carboxylic acids is 4. The Morgan fingerprint density at radius 2 is 1.73 bits per heavy atom. The van der Waals surface area contributed by atoms with E-state index in [1.54, 1.807) is 31.2 Å². The largest absolute Gasteiger partial charge is 0.490 e. The maximum Gasteiger partial charge on any atom is 0.335 e. The van der Waals surface area contributed by atoms with Crippen LogP contribution in [0.2, 0.25) is 15.1 Å². The maximum absolute atomic E-state index is 13.2. The number of rotatable bonds is 8. The molecule has 0 bridgehead atoms. The molecule has 9 nitrogen and oxygen atoms in total. The van der Waals surface area contributed by atoms with Gasteiger partial charge in [0.15, 0.2) is 18.1 Å². The van der Waals surface area contributed by atoms with Crippen molar-refractivity contribution in [2.24, 2.45) is 0 Å². The molecule has 1 saturated heterocycles. The summed E-state index contributed by atoms with van der Waals surface area (Å²) in [7, 11) is 0. The molecule has 0 atom stereocenters. The molecule has 0 radical (unpaired) electrons. The smallest absolute Gasteiger partial charge is 0.335 e. The second-order valence-electron chi connectivity index (χ2n) is 8.16. The lowest BCUT2D eigenvalue weighted by Crippen LogP contribution is -2.54. The lowest BCUT2D eigenvalue weighted by Gasteiger charge is -2.26. The third-order valence-electron chi connectivity index (χ3n) is 5.38.